The number of likely N-dealkylation sites (N-methyl/N-ethyl adjacent to an activating group) is 1. The quantitative estimate of drug-likeness (QED) is 0.0243. The number of allylic oxidation sites excluding steroid dienone is 11. The molecule has 0 saturated heterocycles. The van der Waals surface area contributed by atoms with E-state index in [1.54, 1.807) is 6.08 Å². The van der Waals surface area contributed by atoms with Gasteiger partial charge >= 0.3 is 7.82 Å². The minimum atomic E-state index is -4.36. The van der Waals surface area contributed by atoms with Gasteiger partial charge in [-0.2, -0.15) is 0 Å². The number of phosphoric acid groups is 1. The Hall–Kier alpha value is -2.06. The van der Waals surface area contributed by atoms with Crippen molar-refractivity contribution in [2.45, 2.75) is 309 Å². The Morgan fingerprint density at radius 2 is 0.803 bits per heavy atom. The molecule has 76 heavy (non-hydrogen) atoms. The number of phosphoric ester groups is 1. The Balaban J connectivity index is 4.04. The molecule has 0 rings (SSSR count). The zero-order valence-electron chi connectivity index (χ0n) is 50.7. The molecular weight excluding hydrogens is 960 g/mol. The molecule has 444 valence electrons. The fourth-order valence-corrected chi connectivity index (χ4v) is 10.1. The zero-order valence-corrected chi connectivity index (χ0v) is 51.6. The number of nitrogens with one attached hydrogen (secondary N) is 1. The first-order valence-corrected chi connectivity index (χ1v) is 33.8. The van der Waals surface area contributed by atoms with E-state index in [9.17, 15) is 19.4 Å². The van der Waals surface area contributed by atoms with Crippen LogP contribution in [0.3, 0.4) is 0 Å². The molecule has 0 aromatic heterocycles. The number of unbranched alkanes of at least 4 members (excludes halogenated alkanes) is 36. The lowest BCUT2D eigenvalue weighted by Crippen LogP contribution is -2.45. The van der Waals surface area contributed by atoms with Crippen molar-refractivity contribution in [2.24, 2.45) is 0 Å². The third kappa shape index (κ3) is 59.6. The highest BCUT2D eigenvalue weighted by molar-refractivity contribution is 7.47. The maximum atomic E-state index is 13.0. The van der Waals surface area contributed by atoms with Crippen molar-refractivity contribution in [3.05, 3.63) is 72.9 Å². The molecule has 0 aliphatic heterocycles. The largest absolute Gasteiger partial charge is 0.472 e. The van der Waals surface area contributed by atoms with E-state index in [4.69, 9.17) is 9.05 Å². The molecule has 0 bridgehead atoms. The predicted molar refractivity (Wildman–Crippen MR) is 332 cm³/mol. The van der Waals surface area contributed by atoms with Gasteiger partial charge in [0.2, 0.25) is 5.91 Å². The van der Waals surface area contributed by atoms with Crippen molar-refractivity contribution >= 4 is 13.7 Å². The number of aliphatic hydroxyl groups excluding tert-OH is 1. The standard InChI is InChI=1S/C67H125N2O6P/c1-6-8-10-12-14-16-18-20-22-24-26-27-28-29-30-31-32-33-34-35-36-37-38-39-40-41-43-45-47-49-51-53-55-57-59-61-67(71)68-65(64-75-76(72,73)74-63-62-69(3,4)5)66(70)60-58-56-54-52-50-48-46-44-42-25-23-21-19-17-15-13-11-9-7-2/h8,10,14,16,20,22,26-27,50,52,58,60,65-66,70H,6-7,9,11-13,15,17-19,21,23-25,28-49,51,53-57,59,61-64H2,1-5H3,(H-,68,71,72,73)/p+1/b10-8-,16-14-,22-20-,27-26-,52-50+,60-58+. The Kier molecular flexibility index (Phi) is 56.1. The summed E-state index contributed by atoms with van der Waals surface area (Å²) in [6.45, 7) is 4.71. The average molecular weight is 1090 g/mol. The summed E-state index contributed by atoms with van der Waals surface area (Å²) >= 11 is 0. The second kappa shape index (κ2) is 57.6. The zero-order chi connectivity index (χ0) is 55.6. The van der Waals surface area contributed by atoms with Crippen LogP contribution in [0.15, 0.2) is 72.9 Å². The van der Waals surface area contributed by atoms with Crippen LogP contribution < -0.4 is 5.32 Å². The van der Waals surface area contributed by atoms with Gasteiger partial charge in [0, 0.05) is 6.42 Å². The smallest absolute Gasteiger partial charge is 0.387 e. The van der Waals surface area contributed by atoms with Crippen molar-refractivity contribution < 1.29 is 32.9 Å². The normalized spacial score (nSPS) is 14.2. The van der Waals surface area contributed by atoms with E-state index in [0.717, 1.165) is 64.2 Å². The van der Waals surface area contributed by atoms with Gasteiger partial charge in [0.1, 0.15) is 13.2 Å². The molecule has 3 N–H and O–H groups in total. The number of hydrogen-bond donors (Lipinski definition) is 3. The molecule has 0 aliphatic carbocycles. The maximum absolute atomic E-state index is 13.0. The number of quaternary nitrogens is 1. The molecule has 0 aromatic carbocycles. The first-order valence-electron chi connectivity index (χ1n) is 32.3. The van der Waals surface area contributed by atoms with Crippen molar-refractivity contribution in [2.75, 3.05) is 40.9 Å². The molecule has 0 spiro atoms. The van der Waals surface area contributed by atoms with Gasteiger partial charge in [-0.3, -0.25) is 13.8 Å². The maximum Gasteiger partial charge on any atom is 0.472 e. The van der Waals surface area contributed by atoms with E-state index in [-0.39, 0.29) is 19.1 Å². The number of hydrogen-bond acceptors (Lipinski definition) is 5. The van der Waals surface area contributed by atoms with E-state index < -0.39 is 20.0 Å². The molecule has 0 radical (unpaired) electrons. The highest BCUT2D eigenvalue weighted by Gasteiger charge is 2.27. The Labute approximate surface area is 472 Å². The van der Waals surface area contributed by atoms with Crippen LogP contribution in [0.1, 0.15) is 296 Å². The topological polar surface area (TPSA) is 105 Å². The Morgan fingerprint density at radius 3 is 1.21 bits per heavy atom. The van der Waals surface area contributed by atoms with Gasteiger partial charge in [-0.1, -0.05) is 292 Å². The minimum Gasteiger partial charge on any atom is -0.387 e. The van der Waals surface area contributed by atoms with Gasteiger partial charge in [0.25, 0.3) is 0 Å². The van der Waals surface area contributed by atoms with Gasteiger partial charge in [-0.15, -0.1) is 0 Å². The SMILES string of the molecule is CC/C=C\C/C=C\C/C=C\C/C=C\CCCCCCCCCCCCCCCCCCCCCCCCC(=O)NC(COP(=O)(O)OCC[N+](C)(C)C)C(O)/C=C/CC/C=C/CCCCCCCCCCCCCCC. The molecule has 3 unspecified atom stereocenters. The number of amides is 1. The summed E-state index contributed by atoms with van der Waals surface area (Å²) in [5.41, 5.74) is 0. The lowest BCUT2D eigenvalue weighted by atomic mass is 10.0. The molecule has 0 aromatic rings. The van der Waals surface area contributed by atoms with Gasteiger partial charge in [0.15, 0.2) is 0 Å². The van der Waals surface area contributed by atoms with Gasteiger partial charge in [-0.05, 0) is 70.6 Å². The summed E-state index contributed by atoms with van der Waals surface area (Å²) < 4.78 is 23.7. The number of nitrogens with zero attached hydrogens (tertiary/aromatic N) is 1. The summed E-state index contributed by atoms with van der Waals surface area (Å²) in [5.74, 6) is -0.183. The van der Waals surface area contributed by atoms with Crippen molar-refractivity contribution in [3.8, 4) is 0 Å². The van der Waals surface area contributed by atoms with E-state index >= 15 is 0 Å². The molecule has 0 fully saturated rings. The second-order valence-electron chi connectivity index (χ2n) is 23.1. The number of carbonyl (C=O) groups excluding carboxylic acids is 1. The van der Waals surface area contributed by atoms with E-state index in [2.05, 4.69) is 79.9 Å². The fourth-order valence-electron chi connectivity index (χ4n) is 9.41. The molecule has 0 saturated carbocycles. The third-order valence-corrected chi connectivity index (χ3v) is 15.4. The van der Waals surface area contributed by atoms with Gasteiger partial charge in [-0.25, -0.2) is 4.57 Å². The minimum absolute atomic E-state index is 0.0561. The summed E-state index contributed by atoms with van der Waals surface area (Å²) in [7, 11) is 1.56. The average Bonchev–Trinajstić information content (AvgIpc) is 3.38. The van der Waals surface area contributed by atoms with Crippen LogP contribution in [0.25, 0.3) is 0 Å². The molecule has 1 amide bonds. The number of rotatable bonds is 59. The van der Waals surface area contributed by atoms with Crippen molar-refractivity contribution in [3.63, 3.8) is 0 Å². The third-order valence-electron chi connectivity index (χ3n) is 14.4. The van der Waals surface area contributed by atoms with Crippen LogP contribution in [0.5, 0.6) is 0 Å². The molecule has 8 nitrogen and oxygen atoms in total. The van der Waals surface area contributed by atoms with Gasteiger partial charge in [0.05, 0.1) is 39.9 Å². The fraction of sp³-hybridized carbons (Fsp3) is 0.806. The van der Waals surface area contributed by atoms with Crippen molar-refractivity contribution in [1.29, 1.82) is 0 Å². The molecule has 3 atom stereocenters. The lowest BCUT2D eigenvalue weighted by molar-refractivity contribution is -0.870. The van der Waals surface area contributed by atoms with Crippen LogP contribution in [0, 0.1) is 0 Å². The first-order chi connectivity index (χ1) is 37.0. The second-order valence-corrected chi connectivity index (χ2v) is 24.6. The summed E-state index contributed by atoms with van der Waals surface area (Å²) in [6, 6.07) is -0.865. The summed E-state index contributed by atoms with van der Waals surface area (Å²) in [5, 5.41) is 13.9. The van der Waals surface area contributed by atoms with Crippen LogP contribution in [-0.2, 0) is 18.4 Å². The highest BCUT2D eigenvalue weighted by Crippen LogP contribution is 2.43. The number of aliphatic hydroxyl groups is 1. The summed E-state index contributed by atoms with van der Waals surface area (Å²) in [4.78, 5) is 23.4. The molecular formula is C67H126N2O6P+. The molecule has 9 heteroatoms. The molecule has 0 heterocycles. The predicted octanol–water partition coefficient (Wildman–Crippen LogP) is 20.2. The van der Waals surface area contributed by atoms with E-state index in [0.29, 0.717) is 17.4 Å². The lowest BCUT2D eigenvalue weighted by Gasteiger charge is -2.25. The van der Waals surface area contributed by atoms with Crippen LogP contribution in [0.4, 0.5) is 0 Å². The van der Waals surface area contributed by atoms with Crippen LogP contribution >= 0.6 is 7.82 Å². The van der Waals surface area contributed by atoms with Crippen LogP contribution in [0.2, 0.25) is 0 Å². The van der Waals surface area contributed by atoms with Crippen molar-refractivity contribution in [1.82, 2.24) is 5.32 Å². The Bertz CT molecular complexity index is 1470. The number of carbonyl (C=O) groups is 1. The summed E-state index contributed by atoms with van der Waals surface area (Å²) in [6.07, 6.45) is 80.4. The monoisotopic (exact) mass is 1090 g/mol. The first kappa shape index (κ1) is 73.9. The van der Waals surface area contributed by atoms with E-state index in [1.165, 1.54) is 212 Å². The van der Waals surface area contributed by atoms with Crippen LogP contribution in [-0.4, -0.2) is 73.4 Å². The van der Waals surface area contributed by atoms with E-state index in [1.807, 2.05) is 27.2 Å². The Morgan fingerprint density at radius 1 is 0.461 bits per heavy atom. The van der Waals surface area contributed by atoms with Gasteiger partial charge < -0.3 is 19.8 Å². The highest BCUT2D eigenvalue weighted by atomic mass is 31.2. The molecule has 0 aliphatic rings.